The number of amides is 3. The van der Waals surface area contributed by atoms with Crippen LogP contribution in [0, 0.1) is 23.2 Å². The summed E-state index contributed by atoms with van der Waals surface area (Å²) in [6.07, 6.45) is 11.0. The van der Waals surface area contributed by atoms with Crippen LogP contribution in [0.2, 0.25) is 0 Å². The van der Waals surface area contributed by atoms with E-state index >= 15 is 0 Å². The lowest BCUT2D eigenvalue weighted by Crippen LogP contribution is -2.50. The number of nitrogens with zero attached hydrogens (tertiary/aromatic N) is 1. The second-order valence-electron chi connectivity index (χ2n) is 9.30. The molecule has 0 spiro atoms. The molecule has 0 atom stereocenters. The third-order valence-electron chi connectivity index (χ3n) is 7.37. The smallest absolute Gasteiger partial charge is 0.409 e. The number of carbonyl (C=O) groups is 2. The molecule has 6 heteroatoms. The van der Waals surface area contributed by atoms with Crippen molar-refractivity contribution in [3.05, 3.63) is 0 Å². The summed E-state index contributed by atoms with van der Waals surface area (Å²) in [6.45, 7) is 2.08. The van der Waals surface area contributed by atoms with Crippen molar-refractivity contribution in [3.8, 4) is 0 Å². The molecule has 2 N–H and O–H groups in total. The van der Waals surface area contributed by atoms with E-state index in [2.05, 4.69) is 10.6 Å². The van der Waals surface area contributed by atoms with E-state index in [1.807, 2.05) is 0 Å². The zero-order chi connectivity index (χ0) is 18.1. The molecule has 4 aliphatic carbocycles. The normalized spacial score (nSPS) is 36.0. The number of rotatable bonds is 4. The van der Waals surface area contributed by atoms with Crippen LogP contribution in [-0.4, -0.2) is 49.8 Å². The Balaban J connectivity index is 1.17. The molecule has 146 valence electrons. The highest BCUT2D eigenvalue weighted by Gasteiger charge is 2.50. The number of piperidine rings is 1. The molecule has 5 aliphatic rings. The van der Waals surface area contributed by atoms with E-state index in [1.165, 1.54) is 45.6 Å². The van der Waals surface area contributed by atoms with Crippen LogP contribution < -0.4 is 10.6 Å². The van der Waals surface area contributed by atoms with Crippen molar-refractivity contribution < 1.29 is 14.3 Å². The number of likely N-dealkylation sites (tertiary alicyclic amines) is 1. The molecular weight excluding hydrogens is 330 g/mol. The quantitative estimate of drug-likeness (QED) is 0.806. The maximum Gasteiger partial charge on any atom is 0.409 e. The Kier molecular flexibility index (Phi) is 5.02. The topological polar surface area (TPSA) is 70.7 Å². The van der Waals surface area contributed by atoms with Crippen molar-refractivity contribution in [3.63, 3.8) is 0 Å². The van der Waals surface area contributed by atoms with Crippen LogP contribution in [0.4, 0.5) is 9.59 Å². The van der Waals surface area contributed by atoms with Gasteiger partial charge in [-0.05, 0) is 81.0 Å². The Morgan fingerprint density at radius 3 is 2.15 bits per heavy atom. The van der Waals surface area contributed by atoms with Crippen molar-refractivity contribution >= 4 is 12.1 Å². The van der Waals surface area contributed by atoms with Gasteiger partial charge in [-0.25, -0.2) is 9.59 Å². The molecule has 6 nitrogen and oxygen atoms in total. The fourth-order valence-corrected chi connectivity index (χ4v) is 6.61. The minimum Gasteiger partial charge on any atom is -0.453 e. The van der Waals surface area contributed by atoms with Crippen LogP contribution in [0.1, 0.15) is 57.8 Å². The first-order valence-corrected chi connectivity index (χ1v) is 10.4. The first-order chi connectivity index (χ1) is 12.5. The molecule has 5 fully saturated rings. The van der Waals surface area contributed by atoms with Crippen LogP contribution in [0.25, 0.3) is 0 Å². The predicted octanol–water partition coefficient (Wildman–Crippen LogP) is 3.12. The highest BCUT2D eigenvalue weighted by atomic mass is 16.5. The summed E-state index contributed by atoms with van der Waals surface area (Å²) in [5, 5.41) is 6.17. The summed E-state index contributed by atoms with van der Waals surface area (Å²) >= 11 is 0. The van der Waals surface area contributed by atoms with Gasteiger partial charge in [-0.2, -0.15) is 0 Å². The van der Waals surface area contributed by atoms with Gasteiger partial charge < -0.3 is 20.3 Å². The highest BCUT2D eigenvalue weighted by molar-refractivity contribution is 5.74. The summed E-state index contributed by atoms with van der Waals surface area (Å²) < 4.78 is 4.75. The highest BCUT2D eigenvalue weighted by Crippen LogP contribution is 2.61. The number of methoxy groups -OCH3 is 1. The van der Waals surface area contributed by atoms with Gasteiger partial charge in [0.05, 0.1) is 7.11 Å². The van der Waals surface area contributed by atoms with Gasteiger partial charge in [-0.15, -0.1) is 0 Å². The van der Waals surface area contributed by atoms with E-state index < -0.39 is 0 Å². The SMILES string of the molecule is COC(=O)N1CCC(NC(=O)NCCC23CC4CC(CC(C4)C2)C3)CC1. The number of urea groups is 1. The van der Waals surface area contributed by atoms with Crippen LogP contribution in [0.5, 0.6) is 0 Å². The fourth-order valence-electron chi connectivity index (χ4n) is 6.61. The molecule has 0 radical (unpaired) electrons. The largest absolute Gasteiger partial charge is 0.453 e. The average molecular weight is 364 g/mol. The molecule has 5 rings (SSSR count). The lowest BCUT2D eigenvalue weighted by Gasteiger charge is -2.57. The fraction of sp³-hybridized carbons (Fsp3) is 0.900. The summed E-state index contributed by atoms with van der Waals surface area (Å²) in [7, 11) is 1.41. The van der Waals surface area contributed by atoms with Gasteiger partial charge in [0.1, 0.15) is 0 Å². The maximum absolute atomic E-state index is 12.2. The lowest BCUT2D eigenvalue weighted by atomic mass is 9.49. The summed E-state index contributed by atoms with van der Waals surface area (Å²) in [4.78, 5) is 25.4. The monoisotopic (exact) mass is 363 g/mol. The van der Waals surface area contributed by atoms with Crippen LogP contribution in [0.15, 0.2) is 0 Å². The van der Waals surface area contributed by atoms with Gasteiger partial charge in [0, 0.05) is 25.7 Å². The van der Waals surface area contributed by atoms with Gasteiger partial charge in [0.2, 0.25) is 0 Å². The minimum atomic E-state index is -0.275. The number of hydrogen-bond acceptors (Lipinski definition) is 3. The van der Waals surface area contributed by atoms with Gasteiger partial charge in [0.25, 0.3) is 0 Å². The molecule has 0 aromatic carbocycles. The molecule has 3 amide bonds. The van der Waals surface area contributed by atoms with Crippen molar-refractivity contribution in [1.29, 1.82) is 0 Å². The van der Waals surface area contributed by atoms with Crippen molar-refractivity contribution in [2.24, 2.45) is 23.2 Å². The van der Waals surface area contributed by atoms with E-state index in [-0.39, 0.29) is 18.2 Å². The summed E-state index contributed by atoms with van der Waals surface area (Å²) in [5.41, 5.74) is 0.522. The molecule has 26 heavy (non-hydrogen) atoms. The second-order valence-corrected chi connectivity index (χ2v) is 9.30. The number of carbonyl (C=O) groups excluding carboxylic acids is 2. The van der Waals surface area contributed by atoms with Crippen LogP contribution in [-0.2, 0) is 4.74 Å². The van der Waals surface area contributed by atoms with Gasteiger partial charge in [-0.3, -0.25) is 0 Å². The molecule has 1 saturated heterocycles. The Hall–Kier alpha value is -1.46. The Labute approximate surface area is 156 Å². The standard InChI is InChI=1S/C20H33N3O3/c1-26-19(25)23-6-2-17(3-7-23)22-18(24)21-5-4-20-11-14-8-15(12-20)10-16(9-14)13-20/h14-17H,2-13H2,1H3,(H2,21,22,24). The minimum absolute atomic E-state index is 0.0498. The van der Waals surface area contributed by atoms with E-state index in [4.69, 9.17) is 4.74 Å². The molecule has 4 saturated carbocycles. The lowest BCUT2D eigenvalue weighted by molar-refractivity contribution is -0.0563. The second kappa shape index (κ2) is 7.28. The summed E-state index contributed by atoms with van der Waals surface area (Å²) in [6, 6.07) is 0.0988. The molecule has 0 aromatic heterocycles. The number of nitrogens with one attached hydrogen (secondary N) is 2. The molecule has 1 aliphatic heterocycles. The van der Waals surface area contributed by atoms with Gasteiger partial charge in [-0.1, -0.05) is 0 Å². The molecule has 0 aromatic rings. The Bertz CT molecular complexity index is 507. The third-order valence-corrected chi connectivity index (χ3v) is 7.37. The number of ether oxygens (including phenoxy) is 1. The van der Waals surface area contributed by atoms with E-state index in [0.29, 0.717) is 18.5 Å². The van der Waals surface area contributed by atoms with Crippen LogP contribution in [0.3, 0.4) is 0 Å². The Morgan fingerprint density at radius 2 is 1.62 bits per heavy atom. The average Bonchev–Trinajstić information content (AvgIpc) is 2.60. The molecular formula is C20H33N3O3. The van der Waals surface area contributed by atoms with Gasteiger partial charge in [0.15, 0.2) is 0 Å². The predicted molar refractivity (Wildman–Crippen MR) is 98.8 cm³/mol. The van der Waals surface area contributed by atoms with Crippen molar-refractivity contribution in [2.75, 3.05) is 26.7 Å². The van der Waals surface area contributed by atoms with E-state index in [9.17, 15) is 9.59 Å². The summed E-state index contributed by atoms with van der Waals surface area (Å²) in [5.74, 6) is 2.90. The zero-order valence-corrected chi connectivity index (χ0v) is 16.0. The zero-order valence-electron chi connectivity index (χ0n) is 16.0. The molecule has 4 bridgehead atoms. The first kappa shape index (κ1) is 17.9. The third kappa shape index (κ3) is 3.79. The first-order valence-electron chi connectivity index (χ1n) is 10.4. The maximum atomic E-state index is 12.2. The van der Waals surface area contributed by atoms with E-state index in [1.54, 1.807) is 4.90 Å². The number of hydrogen-bond donors (Lipinski definition) is 2. The Morgan fingerprint density at radius 1 is 1.04 bits per heavy atom. The van der Waals surface area contributed by atoms with E-state index in [0.717, 1.165) is 43.6 Å². The van der Waals surface area contributed by atoms with Crippen molar-refractivity contribution in [1.82, 2.24) is 15.5 Å². The van der Waals surface area contributed by atoms with Crippen LogP contribution >= 0.6 is 0 Å². The van der Waals surface area contributed by atoms with Gasteiger partial charge >= 0.3 is 12.1 Å². The molecule has 0 unspecified atom stereocenters. The molecule has 1 heterocycles. The van der Waals surface area contributed by atoms with Crippen molar-refractivity contribution in [2.45, 2.75) is 63.8 Å².